The molecule has 0 aliphatic rings. The first-order chi connectivity index (χ1) is 10.8. The molecule has 0 N–H and O–H groups in total. The van der Waals surface area contributed by atoms with Crippen molar-refractivity contribution in [3.05, 3.63) is 59.7 Å². The zero-order valence-corrected chi connectivity index (χ0v) is 14.8. The van der Waals surface area contributed by atoms with Crippen LogP contribution >= 0.6 is 23.5 Å². The van der Waals surface area contributed by atoms with Crippen LogP contribution in [0.2, 0.25) is 0 Å². The summed E-state index contributed by atoms with van der Waals surface area (Å²) in [5.74, 6) is 2.21. The maximum Gasteiger partial charge on any atom is 0.195 e. The molecule has 2 rings (SSSR count). The van der Waals surface area contributed by atoms with E-state index in [9.17, 15) is 4.79 Å². The summed E-state index contributed by atoms with van der Waals surface area (Å²) in [6.45, 7) is 4.32. The summed E-state index contributed by atoms with van der Waals surface area (Å²) in [4.78, 5) is 15.2. The van der Waals surface area contributed by atoms with Crippen LogP contribution in [0.1, 0.15) is 42.6 Å². The molecule has 0 fully saturated rings. The summed E-state index contributed by atoms with van der Waals surface area (Å²) in [6, 6.07) is 15.9. The monoisotopic (exact) mass is 330 g/mol. The topological polar surface area (TPSA) is 17.1 Å². The van der Waals surface area contributed by atoms with Crippen LogP contribution in [0.4, 0.5) is 0 Å². The Bertz CT molecular complexity index is 569. The maximum absolute atomic E-state index is 13.0. The summed E-state index contributed by atoms with van der Waals surface area (Å²) < 4.78 is 0. The molecule has 0 atom stereocenters. The van der Waals surface area contributed by atoms with Crippen LogP contribution in [-0.2, 0) is 0 Å². The Hall–Kier alpha value is -1.19. The molecule has 0 saturated carbocycles. The van der Waals surface area contributed by atoms with Crippen molar-refractivity contribution < 1.29 is 4.79 Å². The second kappa shape index (κ2) is 9.06. The van der Waals surface area contributed by atoms with Crippen LogP contribution in [-0.4, -0.2) is 17.3 Å². The van der Waals surface area contributed by atoms with Gasteiger partial charge < -0.3 is 0 Å². The van der Waals surface area contributed by atoms with E-state index in [1.54, 1.807) is 23.5 Å². The molecule has 116 valence electrons. The smallest absolute Gasteiger partial charge is 0.195 e. The molecule has 22 heavy (non-hydrogen) atoms. The van der Waals surface area contributed by atoms with Crippen molar-refractivity contribution in [2.75, 3.05) is 11.5 Å². The summed E-state index contributed by atoms with van der Waals surface area (Å²) in [5.41, 5.74) is 1.65. The third-order valence-corrected chi connectivity index (χ3v) is 5.75. The summed E-state index contributed by atoms with van der Waals surface area (Å²) >= 11 is 3.53. The van der Waals surface area contributed by atoms with Gasteiger partial charge in [-0.25, -0.2) is 0 Å². The summed E-state index contributed by atoms with van der Waals surface area (Å²) in [5, 5.41) is 0. The molecular formula is C19H22OS2. The number of hydrogen-bond acceptors (Lipinski definition) is 3. The average Bonchev–Trinajstić information content (AvgIpc) is 2.58. The minimum absolute atomic E-state index is 0.137. The first-order valence-corrected chi connectivity index (χ1v) is 9.73. The van der Waals surface area contributed by atoms with Crippen LogP contribution in [0, 0.1) is 0 Å². The van der Waals surface area contributed by atoms with Gasteiger partial charge in [0.2, 0.25) is 0 Å². The molecule has 0 radical (unpaired) electrons. The minimum atomic E-state index is 0.137. The molecule has 0 bridgehead atoms. The lowest BCUT2D eigenvalue weighted by molar-refractivity contribution is 0.103. The van der Waals surface area contributed by atoms with Crippen LogP contribution in [0.5, 0.6) is 0 Å². The fraction of sp³-hybridized carbons (Fsp3) is 0.316. The zero-order valence-electron chi connectivity index (χ0n) is 13.2. The van der Waals surface area contributed by atoms with Gasteiger partial charge in [0.15, 0.2) is 5.78 Å². The summed E-state index contributed by atoms with van der Waals surface area (Å²) in [6.07, 6.45) is 2.21. The minimum Gasteiger partial charge on any atom is -0.289 e. The van der Waals surface area contributed by atoms with E-state index >= 15 is 0 Å². The molecule has 0 amide bonds. The van der Waals surface area contributed by atoms with Gasteiger partial charge in [-0.1, -0.05) is 38.1 Å². The summed E-state index contributed by atoms with van der Waals surface area (Å²) in [7, 11) is 0. The Morgan fingerprint density at radius 2 is 1.18 bits per heavy atom. The number of hydrogen-bond donors (Lipinski definition) is 0. The van der Waals surface area contributed by atoms with Gasteiger partial charge in [0.05, 0.1) is 0 Å². The molecular weight excluding hydrogens is 308 g/mol. The van der Waals surface area contributed by atoms with Crippen LogP contribution in [0.3, 0.4) is 0 Å². The molecule has 3 heteroatoms. The molecule has 2 aromatic carbocycles. The number of carbonyl (C=O) groups excluding carboxylic acids is 1. The van der Waals surface area contributed by atoms with E-state index in [1.807, 2.05) is 36.4 Å². The lowest BCUT2D eigenvalue weighted by atomic mass is 10.0. The van der Waals surface area contributed by atoms with E-state index in [2.05, 4.69) is 26.0 Å². The largest absolute Gasteiger partial charge is 0.289 e. The second-order valence-corrected chi connectivity index (χ2v) is 7.29. The Morgan fingerprint density at radius 3 is 1.59 bits per heavy atom. The highest BCUT2D eigenvalue weighted by Crippen LogP contribution is 2.29. The normalized spacial score (nSPS) is 10.6. The number of thioether (sulfide) groups is 2. The highest BCUT2D eigenvalue weighted by atomic mass is 32.2. The van der Waals surface area contributed by atoms with Gasteiger partial charge in [0, 0.05) is 20.9 Å². The van der Waals surface area contributed by atoms with Gasteiger partial charge in [0.1, 0.15) is 0 Å². The van der Waals surface area contributed by atoms with Gasteiger partial charge in [0.25, 0.3) is 0 Å². The van der Waals surface area contributed by atoms with E-state index < -0.39 is 0 Å². The molecule has 1 nitrogen and oxygen atoms in total. The number of benzene rings is 2. The van der Waals surface area contributed by atoms with Crippen LogP contribution < -0.4 is 0 Å². The Balaban J connectivity index is 2.32. The predicted molar refractivity (Wildman–Crippen MR) is 98.3 cm³/mol. The number of carbonyl (C=O) groups is 1. The van der Waals surface area contributed by atoms with Crippen molar-refractivity contribution in [1.29, 1.82) is 0 Å². The Kier molecular flexibility index (Phi) is 7.07. The van der Waals surface area contributed by atoms with Gasteiger partial charge in [-0.15, -0.1) is 23.5 Å². The number of rotatable bonds is 8. The zero-order chi connectivity index (χ0) is 15.8. The molecule has 0 unspecified atom stereocenters. The molecule has 0 spiro atoms. The average molecular weight is 331 g/mol. The SMILES string of the molecule is CCCSc1ccccc1C(=O)c1ccccc1SCCC. The molecule has 0 aromatic heterocycles. The third kappa shape index (κ3) is 4.40. The highest BCUT2D eigenvalue weighted by molar-refractivity contribution is 7.99. The molecule has 0 saturated heterocycles. The van der Waals surface area contributed by atoms with Crippen molar-refractivity contribution >= 4 is 29.3 Å². The third-order valence-electron chi connectivity index (χ3n) is 3.19. The quantitative estimate of drug-likeness (QED) is 0.441. The molecule has 0 aliphatic carbocycles. The van der Waals surface area contributed by atoms with E-state index in [1.165, 1.54) is 0 Å². The fourth-order valence-corrected chi connectivity index (χ4v) is 3.96. The Labute approximate surface area is 141 Å². The van der Waals surface area contributed by atoms with Crippen molar-refractivity contribution in [2.24, 2.45) is 0 Å². The van der Waals surface area contributed by atoms with Gasteiger partial charge in [-0.05, 0) is 48.6 Å². The van der Waals surface area contributed by atoms with Crippen molar-refractivity contribution in [3.8, 4) is 0 Å². The number of ketones is 1. The van der Waals surface area contributed by atoms with E-state index in [0.717, 1.165) is 45.3 Å². The van der Waals surface area contributed by atoms with Crippen molar-refractivity contribution in [2.45, 2.75) is 36.5 Å². The lowest BCUT2D eigenvalue weighted by Crippen LogP contribution is -2.05. The van der Waals surface area contributed by atoms with Crippen molar-refractivity contribution in [3.63, 3.8) is 0 Å². The fourth-order valence-electron chi connectivity index (χ4n) is 2.13. The van der Waals surface area contributed by atoms with E-state index in [4.69, 9.17) is 0 Å². The van der Waals surface area contributed by atoms with Gasteiger partial charge in [-0.3, -0.25) is 4.79 Å². The van der Waals surface area contributed by atoms with Crippen LogP contribution in [0.15, 0.2) is 58.3 Å². The first-order valence-electron chi connectivity index (χ1n) is 7.76. The molecule has 2 aromatic rings. The lowest BCUT2D eigenvalue weighted by Gasteiger charge is -2.11. The first kappa shape index (κ1) is 17.2. The predicted octanol–water partition coefficient (Wildman–Crippen LogP) is 5.92. The van der Waals surface area contributed by atoms with E-state index in [0.29, 0.717) is 0 Å². The van der Waals surface area contributed by atoms with Crippen LogP contribution in [0.25, 0.3) is 0 Å². The van der Waals surface area contributed by atoms with Gasteiger partial charge >= 0.3 is 0 Å². The van der Waals surface area contributed by atoms with E-state index in [-0.39, 0.29) is 5.78 Å². The highest BCUT2D eigenvalue weighted by Gasteiger charge is 2.16. The standard InChI is InChI=1S/C19H22OS2/c1-3-13-21-17-11-7-5-9-15(17)19(20)16-10-6-8-12-18(16)22-14-4-2/h5-12H,3-4,13-14H2,1-2H3. The second-order valence-electron chi connectivity index (χ2n) is 5.02. The van der Waals surface area contributed by atoms with Gasteiger partial charge in [-0.2, -0.15) is 0 Å². The molecule has 0 aliphatic heterocycles. The molecule has 0 heterocycles. The maximum atomic E-state index is 13.0. The van der Waals surface area contributed by atoms with Crippen molar-refractivity contribution in [1.82, 2.24) is 0 Å². The Morgan fingerprint density at radius 1 is 0.773 bits per heavy atom.